The predicted molar refractivity (Wildman–Crippen MR) is 118 cm³/mol. The van der Waals surface area contributed by atoms with Crippen molar-refractivity contribution in [1.29, 1.82) is 0 Å². The summed E-state index contributed by atoms with van der Waals surface area (Å²) in [6, 6.07) is 17.1. The first-order chi connectivity index (χ1) is 15.0. The van der Waals surface area contributed by atoms with Gasteiger partial charge in [0, 0.05) is 44.0 Å². The molecule has 0 unspecified atom stereocenters. The van der Waals surface area contributed by atoms with Crippen LogP contribution in [-0.4, -0.2) is 56.2 Å². The largest absolute Gasteiger partial charge is 0.369 e. The van der Waals surface area contributed by atoms with Gasteiger partial charge in [-0.3, -0.25) is 15.0 Å². The van der Waals surface area contributed by atoms with Gasteiger partial charge < -0.3 is 4.90 Å². The molecule has 4 rings (SSSR count). The van der Waals surface area contributed by atoms with Crippen molar-refractivity contribution < 1.29 is 4.92 Å². The Hall–Kier alpha value is -3.33. The Balaban J connectivity index is 1.46. The number of benzene rings is 2. The van der Waals surface area contributed by atoms with E-state index in [1.54, 1.807) is 12.1 Å². The van der Waals surface area contributed by atoms with Crippen molar-refractivity contribution in [2.24, 2.45) is 5.92 Å². The molecule has 1 fully saturated rings. The van der Waals surface area contributed by atoms with Gasteiger partial charge in [0.1, 0.15) is 0 Å². The van der Waals surface area contributed by atoms with Crippen LogP contribution in [0.5, 0.6) is 0 Å². The van der Waals surface area contributed by atoms with Crippen molar-refractivity contribution >= 4 is 11.4 Å². The van der Waals surface area contributed by atoms with Gasteiger partial charge in [-0.25, -0.2) is 4.68 Å². The molecular formula is C22H27N7O2. The highest BCUT2D eigenvalue weighted by atomic mass is 16.6. The van der Waals surface area contributed by atoms with Crippen LogP contribution in [0.4, 0.5) is 11.4 Å². The molecule has 2 heterocycles. The summed E-state index contributed by atoms with van der Waals surface area (Å²) in [6.07, 6.45) is 0. The second-order valence-corrected chi connectivity index (χ2v) is 8.17. The lowest BCUT2D eigenvalue weighted by atomic mass is 10.0. The van der Waals surface area contributed by atoms with E-state index < -0.39 is 0 Å². The van der Waals surface area contributed by atoms with E-state index >= 15 is 0 Å². The van der Waals surface area contributed by atoms with Gasteiger partial charge in [-0.05, 0) is 34.0 Å². The number of hydrogen-bond donors (Lipinski definition) is 0. The van der Waals surface area contributed by atoms with E-state index in [2.05, 4.69) is 51.3 Å². The minimum absolute atomic E-state index is 0.118. The maximum Gasteiger partial charge on any atom is 0.269 e. The molecule has 1 aliphatic heterocycles. The molecule has 0 N–H and O–H groups in total. The van der Waals surface area contributed by atoms with Crippen molar-refractivity contribution in [3.8, 4) is 0 Å². The number of tetrazole rings is 1. The van der Waals surface area contributed by atoms with Crippen LogP contribution in [0.2, 0.25) is 0 Å². The summed E-state index contributed by atoms with van der Waals surface area (Å²) in [5, 5.41) is 23.5. The van der Waals surface area contributed by atoms with E-state index in [0.717, 1.165) is 37.7 Å². The summed E-state index contributed by atoms with van der Waals surface area (Å²) in [5.74, 6) is 1.24. The Morgan fingerprint density at radius 1 is 1.00 bits per heavy atom. The molecule has 1 aromatic heterocycles. The van der Waals surface area contributed by atoms with Gasteiger partial charge >= 0.3 is 0 Å². The van der Waals surface area contributed by atoms with Crippen LogP contribution < -0.4 is 4.90 Å². The maximum absolute atomic E-state index is 10.9. The van der Waals surface area contributed by atoms with Crippen LogP contribution in [0.1, 0.15) is 31.3 Å². The van der Waals surface area contributed by atoms with Gasteiger partial charge in [-0.2, -0.15) is 0 Å². The quantitative estimate of drug-likeness (QED) is 0.427. The number of piperazine rings is 1. The molecule has 0 bridgehead atoms. The average molecular weight is 422 g/mol. The third-order valence-electron chi connectivity index (χ3n) is 5.76. The zero-order chi connectivity index (χ0) is 21.8. The molecule has 0 radical (unpaired) electrons. The van der Waals surface area contributed by atoms with Crippen molar-refractivity contribution in [2.75, 3.05) is 31.1 Å². The number of nitro groups is 1. The molecule has 3 aromatic rings. The third-order valence-corrected chi connectivity index (χ3v) is 5.76. The molecule has 1 saturated heterocycles. The minimum Gasteiger partial charge on any atom is -0.369 e. The fourth-order valence-electron chi connectivity index (χ4n) is 4.22. The first kappa shape index (κ1) is 20.9. The summed E-state index contributed by atoms with van der Waals surface area (Å²) < 4.78 is 1.91. The molecular weight excluding hydrogens is 394 g/mol. The smallest absolute Gasteiger partial charge is 0.269 e. The normalized spacial score (nSPS) is 15.9. The van der Waals surface area contributed by atoms with E-state index in [-0.39, 0.29) is 16.7 Å². The molecule has 1 atom stereocenters. The standard InChI is InChI=1S/C22H27N7O2/c1-17(2)21(22-23-24-25-28(22)16-18-6-4-3-5-7-18)27-14-12-26(13-15-27)19-8-10-20(11-9-19)29(30)31/h3-11,17,21H,12-16H2,1-2H3/t21-/m0/s1. The Kier molecular flexibility index (Phi) is 6.22. The van der Waals surface area contributed by atoms with Crippen molar-refractivity contribution in [1.82, 2.24) is 25.1 Å². The lowest BCUT2D eigenvalue weighted by Crippen LogP contribution is -2.49. The molecule has 2 aromatic carbocycles. The van der Waals surface area contributed by atoms with Gasteiger partial charge in [0.15, 0.2) is 5.82 Å². The molecule has 9 nitrogen and oxygen atoms in total. The molecule has 0 amide bonds. The fraction of sp³-hybridized carbons (Fsp3) is 0.409. The maximum atomic E-state index is 10.9. The third kappa shape index (κ3) is 4.72. The summed E-state index contributed by atoms with van der Waals surface area (Å²) in [6.45, 7) is 8.50. The van der Waals surface area contributed by atoms with Crippen molar-refractivity contribution in [3.05, 3.63) is 76.1 Å². The molecule has 1 aliphatic rings. The van der Waals surface area contributed by atoms with E-state index in [0.29, 0.717) is 12.5 Å². The van der Waals surface area contributed by atoms with Crippen LogP contribution >= 0.6 is 0 Å². The van der Waals surface area contributed by atoms with Crippen molar-refractivity contribution in [3.63, 3.8) is 0 Å². The lowest BCUT2D eigenvalue weighted by Gasteiger charge is -2.41. The van der Waals surface area contributed by atoms with Crippen LogP contribution in [0.15, 0.2) is 54.6 Å². The Morgan fingerprint density at radius 2 is 1.68 bits per heavy atom. The Morgan fingerprint density at radius 3 is 2.29 bits per heavy atom. The highest BCUT2D eigenvalue weighted by molar-refractivity contribution is 5.51. The zero-order valence-electron chi connectivity index (χ0n) is 17.8. The van der Waals surface area contributed by atoms with E-state index in [4.69, 9.17) is 0 Å². The predicted octanol–water partition coefficient (Wildman–Crippen LogP) is 3.15. The SMILES string of the molecule is CC(C)[C@@H](c1nnnn1Cc1ccccc1)N1CCN(c2ccc([N+](=O)[O-])cc2)CC1. The second kappa shape index (κ2) is 9.22. The van der Waals surface area contributed by atoms with Gasteiger partial charge in [0.05, 0.1) is 17.5 Å². The molecule has 9 heteroatoms. The molecule has 162 valence electrons. The number of aromatic nitrogens is 4. The van der Waals surface area contributed by atoms with Crippen molar-refractivity contribution in [2.45, 2.75) is 26.4 Å². The number of anilines is 1. The average Bonchev–Trinajstić information content (AvgIpc) is 3.22. The molecule has 0 saturated carbocycles. The van der Waals surface area contributed by atoms with E-state index in [9.17, 15) is 10.1 Å². The van der Waals surface area contributed by atoms with E-state index in [1.165, 1.54) is 5.56 Å². The van der Waals surface area contributed by atoms with Gasteiger partial charge in [-0.15, -0.1) is 5.10 Å². The Bertz CT molecular complexity index is 996. The topological polar surface area (TPSA) is 93.2 Å². The van der Waals surface area contributed by atoms with Crippen LogP contribution in [0, 0.1) is 16.0 Å². The number of nitrogens with zero attached hydrogens (tertiary/aromatic N) is 7. The van der Waals surface area contributed by atoms with Crippen LogP contribution in [0.3, 0.4) is 0 Å². The zero-order valence-corrected chi connectivity index (χ0v) is 17.8. The summed E-state index contributed by atoms with van der Waals surface area (Å²) in [4.78, 5) is 15.2. The first-order valence-electron chi connectivity index (χ1n) is 10.6. The Labute approximate surface area is 181 Å². The number of rotatable bonds is 7. The van der Waals surface area contributed by atoms with Gasteiger partial charge in [0.25, 0.3) is 5.69 Å². The highest BCUT2D eigenvalue weighted by Gasteiger charge is 2.31. The van der Waals surface area contributed by atoms with Gasteiger partial charge in [0.2, 0.25) is 0 Å². The number of hydrogen-bond acceptors (Lipinski definition) is 7. The van der Waals surface area contributed by atoms with Crippen LogP contribution in [-0.2, 0) is 6.54 Å². The highest BCUT2D eigenvalue weighted by Crippen LogP contribution is 2.29. The van der Waals surface area contributed by atoms with Gasteiger partial charge in [-0.1, -0.05) is 44.2 Å². The van der Waals surface area contributed by atoms with Crippen LogP contribution in [0.25, 0.3) is 0 Å². The minimum atomic E-state index is -0.366. The fourth-order valence-corrected chi connectivity index (χ4v) is 4.22. The first-order valence-corrected chi connectivity index (χ1v) is 10.6. The lowest BCUT2D eigenvalue weighted by molar-refractivity contribution is -0.384. The number of nitro benzene ring substituents is 1. The monoisotopic (exact) mass is 421 g/mol. The molecule has 0 spiro atoms. The molecule has 31 heavy (non-hydrogen) atoms. The van der Waals surface area contributed by atoms with E-state index in [1.807, 2.05) is 35.0 Å². The summed E-state index contributed by atoms with van der Waals surface area (Å²) in [5.41, 5.74) is 2.30. The second-order valence-electron chi connectivity index (χ2n) is 8.17. The number of non-ortho nitro benzene ring substituents is 1. The summed E-state index contributed by atoms with van der Waals surface area (Å²) in [7, 11) is 0. The summed E-state index contributed by atoms with van der Waals surface area (Å²) >= 11 is 0. The molecule has 0 aliphatic carbocycles.